The summed E-state index contributed by atoms with van der Waals surface area (Å²) in [7, 11) is 0. The number of nitrogens with zero attached hydrogens (tertiary/aromatic N) is 1. The van der Waals surface area contributed by atoms with Gasteiger partial charge in [-0.1, -0.05) is 58.4 Å². The fourth-order valence-electron chi connectivity index (χ4n) is 7.87. The molecule has 0 aromatic heterocycles. The highest BCUT2D eigenvalue weighted by Gasteiger charge is 2.50. The van der Waals surface area contributed by atoms with Gasteiger partial charge in [-0.25, -0.2) is 0 Å². The Hall–Kier alpha value is -1.92. The monoisotopic (exact) mass is 544 g/mol. The van der Waals surface area contributed by atoms with Crippen LogP contribution in [0.4, 0.5) is 0 Å². The molecule has 1 saturated heterocycles. The van der Waals surface area contributed by atoms with Crippen LogP contribution in [0, 0.1) is 28.6 Å². The molecule has 3 fully saturated rings. The number of ketones is 1. The number of benzene rings is 1. The van der Waals surface area contributed by atoms with Crippen LogP contribution < -0.4 is 5.32 Å². The first kappa shape index (κ1) is 29.1. The summed E-state index contributed by atoms with van der Waals surface area (Å²) in [6.45, 7) is 13.1. The van der Waals surface area contributed by atoms with Gasteiger partial charge in [0.1, 0.15) is 6.04 Å². The Bertz CT molecular complexity index is 1050. The second-order valence-electron chi connectivity index (χ2n) is 14.0. The van der Waals surface area contributed by atoms with Crippen LogP contribution in [0.25, 0.3) is 0 Å². The molecule has 1 heterocycles. The van der Waals surface area contributed by atoms with E-state index in [-0.39, 0.29) is 29.1 Å². The Kier molecular flexibility index (Phi) is 8.09. The number of Topliss-reactive ketones (excluding diaryl/α,β-unsaturated/α-hetero) is 1. The highest BCUT2D eigenvalue weighted by atomic mass is 35.5. The Morgan fingerprint density at radius 2 is 1.58 bits per heavy atom. The molecule has 38 heavy (non-hydrogen) atoms. The maximum Gasteiger partial charge on any atom is 0.288 e. The first-order valence-corrected chi connectivity index (χ1v) is 14.6. The summed E-state index contributed by atoms with van der Waals surface area (Å²) < 4.78 is 0. The van der Waals surface area contributed by atoms with Gasteiger partial charge in [-0.2, -0.15) is 0 Å². The third-order valence-corrected chi connectivity index (χ3v) is 9.64. The molecule has 0 spiro atoms. The summed E-state index contributed by atoms with van der Waals surface area (Å²) in [5.41, 5.74) is -0.378. The molecule has 1 aliphatic heterocycles. The highest BCUT2D eigenvalue weighted by molar-refractivity contribution is 6.38. The lowest BCUT2D eigenvalue weighted by Crippen LogP contribution is -2.58. The number of fused-ring (bicyclic) bond motifs is 2. The minimum Gasteiger partial charge on any atom is -0.390 e. The Labute approximate surface area is 232 Å². The predicted molar refractivity (Wildman–Crippen MR) is 150 cm³/mol. The predicted octanol–water partition coefficient (Wildman–Crippen LogP) is 5.36. The topological polar surface area (TPSA) is 86.7 Å². The molecule has 1 aromatic carbocycles. The smallest absolute Gasteiger partial charge is 0.288 e. The van der Waals surface area contributed by atoms with E-state index in [2.05, 4.69) is 31.3 Å². The summed E-state index contributed by atoms with van der Waals surface area (Å²) in [4.78, 5) is 42.4. The lowest BCUT2D eigenvalue weighted by atomic mass is 9.57. The number of hydrogen-bond acceptors (Lipinski definition) is 4. The van der Waals surface area contributed by atoms with Crippen molar-refractivity contribution in [3.8, 4) is 0 Å². The van der Waals surface area contributed by atoms with Gasteiger partial charge in [0.25, 0.3) is 5.91 Å². The molecule has 4 atom stereocenters. The number of halogens is 1. The van der Waals surface area contributed by atoms with Gasteiger partial charge >= 0.3 is 0 Å². The van der Waals surface area contributed by atoms with E-state index in [0.29, 0.717) is 49.7 Å². The van der Waals surface area contributed by atoms with Gasteiger partial charge in [-0.05, 0) is 92.2 Å². The summed E-state index contributed by atoms with van der Waals surface area (Å²) in [5, 5.41) is 14.1. The molecule has 2 saturated carbocycles. The maximum atomic E-state index is 13.7. The van der Waals surface area contributed by atoms with Crippen LogP contribution in [-0.2, 0) is 14.4 Å². The molecule has 2 bridgehead atoms. The number of rotatable bonds is 6. The number of piperidine rings is 1. The number of hydrogen-bond donors (Lipinski definition) is 2. The first-order valence-electron chi connectivity index (χ1n) is 14.2. The summed E-state index contributed by atoms with van der Waals surface area (Å²) in [6.07, 6.45) is 4.39. The zero-order valence-corrected chi connectivity index (χ0v) is 24.6. The van der Waals surface area contributed by atoms with Crippen molar-refractivity contribution in [2.75, 3.05) is 13.1 Å². The zero-order valence-electron chi connectivity index (χ0n) is 23.9. The van der Waals surface area contributed by atoms with Crippen molar-refractivity contribution in [1.82, 2.24) is 10.2 Å². The van der Waals surface area contributed by atoms with E-state index in [1.54, 1.807) is 0 Å². The van der Waals surface area contributed by atoms with Crippen LogP contribution in [0.15, 0.2) is 24.3 Å². The number of aliphatic hydroxyl groups is 1. The molecule has 3 unspecified atom stereocenters. The molecule has 210 valence electrons. The molecule has 4 rings (SSSR count). The highest BCUT2D eigenvalue weighted by Crippen LogP contribution is 2.51. The van der Waals surface area contributed by atoms with Crippen LogP contribution in [-0.4, -0.2) is 52.3 Å². The van der Waals surface area contributed by atoms with Crippen molar-refractivity contribution >= 4 is 29.2 Å². The normalized spacial score (nSPS) is 33.5. The molecule has 1 aromatic rings. The summed E-state index contributed by atoms with van der Waals surface area (Å²) in [5.74, 6) is -0.563. The van der Waals surface area contributed by atoms with Crippen molar-refractivity contribution in [3.05, 3.63) is 34.9 Å². The fraction of sp³-hybridized carbons (Fsp3) is 0.710. The number of carbonyl (C=O) groups excluding carboxylic acids is 3. The minimum absolute atomic E-state index is 0.120. The van der Waals surface area contributed by atoms with E-state index in [1.165, 1.54) is 5.56 Å². The molecule has 7 heteroatoms. The van der Waals surface area contributed by atoms with Crippen molar-refractivity contribution in [2.45, 2.75) is 97.6 Å². The van der Waals surface area contributed by atoms with Gasteiger partial charge in [0.2, 0.25) is 11.7 Å². The molecule has 2 aliphatic carbocycles. The maximum absolute atomic E-state index is 13.7. The minimum atomic E-state index is -0.752. The van der Waals surface area contributed by atoms with E-state index in [1.807, 2.05) is 44.7 Å². The molecule has 0 radical (unpaired) electrons. The molecule has 2 amide bonds. The third-order valence-electron chi connectivity index (χ3n) is 9.39. The van der Waals surface area contributed by atoms with Crippen molar-refractivity contribution in [3.63, 3.8) is 0 Å². The van der Waals surface area contributed by atoms with Crippen molar-refractivity contribution in [1.29, 1.82) is 0 Å². The van der Waals surface area contributed by atoms with Gasteiger partial charge < -0.3 is 15.3 Å². The molecular weight excluding hydrogens is 500 g/mol. The van der Waals surface area contributed by atoms with E-state index >= 15 is 0 Å². The zero-order chi connectivity index (χ0) is 28.0. The van der Waals surface area contributed by atoms with E-state index in [9.17, 15) is 19.5 Å². The van der Waals surface area contributed by atoms with Gasteiger partial charge in [0, 0.05) is 23.5 Å². The molecule has 6 nitrogen and oxygen atoms in total. The average molecular weight is 545 g/mol. The standard InChI is InChI=1S/C31H45ClN2O4/c1-19(2)25(28(37)34-12-11-24(29(3,4)18-34)22-7-9-23(32)10-8-22)33-27(36)26(35)30(5)14-20-13-21(15-30)17-31(6,38)16-20/h7-10,19-21,24-25,38H,11-18H2,1-6H3,(H,33,36)/t20?,21?,24?,25-,30?,31?/m1/s1. The van der Waals surface area contributed by atoms with Gasteiger partial charge in [-0.15, -0.1) is 0 Å². The number of likely N-dealkylation sites (tertiary alicyclic amines) is 1. The number of amides is 2. The fourth-order valence-corrected chi connectivity index (χ4v) is 7.99. The summed E-state index contributed by atoms with van der Waals surface area (Å²) in [6, 6.07) is 7.20. The third kappa shape index (κ3) is 6.12. The first-order chi connectivity index (χ1) is 17.6. The van der Waals surface area contributed by atoms with Crippen molar-refractivity contribution in [2.24, 2.45) is 28.6 Å². The Morgan fingerprint density at radius 1 is 1.00 bits per heavy atom. The lowest BCUT2D eigenvalue weighted by Gasteiger charge is -2.49. The second-order valence-corrected chi connectivity index (χ2v) is 14.4. The van der Waals surface area contributed by atoms with Gasteiger partial charge in [-0.3, -0.25) is 14.4 Å². The van der Waals surface area contributed by atoms with E-state index in [0.717, 1.165) is 12.8 Å². The molecule has 2 N–H and O–H groups in total. The largest absolute Gasteiger partial charge is 0.390 e. The Morgan fingerprint density at radius 3 is 2.11 bits per heavy atom. The van der Waals surface area contributed by atoms with Crippen LogP contribution >= 0.6 is 11.6 Å². The van der Waals surface area contributed by atoms with Crippen LogP contribution in [0.5, 0.6) is 0 Å². The number of carbonyl (C=O) groups is 3. The van der Waals surface area contributed by atoms with E-state index < -0.39 is 28.7 Å². The van der Waals surface area contributed by atoms with Gasteiger partial charge in [0.05, 0.1) is 5.60 Å². The molecule has 3 aliphatic rings. The SMILES string of the molecule is CC(C)[C@@H](NC(=O)C(=O)C1(C)CC2CC(CC(C)(O)C2)C1)C(=O)N1CCC(c2ccc(Cl)cc2)C(C)(C)C1. The van der Waals surface area contributed by atoms with Crippen LogP contribution in [0.1, 0.15) is 91.5 Å². The van der Waals surface area contributed by atoms with Crippen LogP contribution in [0.3, 0.4) is 0 Å². The van der Waals surface area contributed by atoms with Crippen molar-refractivity contribution < 1.29 is 19.5 Å². The van der Waals surface area contributed by atoms with E-state index in [4.69, 9.17) is 11.6 Å². The molecular formula is C31H45ClN2O4. The van der Waals surface area contributed by atoms with Gasteiger partial charge in [0.15, 0.2) is 0 Å². The quantitative estimate of drug-likeness (QED) is 0.472. The second kappa shape index (κ2) is 10.6. The average Bonchev–Trinajstić information content (AvgIpc) is 2.79. The van der Waals surface area contributed by atoms with Crippen LogP contribution in [0.2, 0.25) is 5.02 Å². The number of nitrogens with one attached hydrogen (secondary N) is 1. The summed E-state index contributed by atoms with van der Waals surface area (Å²) >= 11 is 6.09. The Balaban J connectivity index is 1.42. The lowest BCUT2D eigenvalue weighted by molar-refractivity contribution is -0.150.